The van der Waals surface area contributed by atoms with Gasteiger partial charge in [0.25, 0.3) is 11.6 Å². The number of ether oxygens (including phenoxy) is 1. The summed E-state index contributed by atoms with van der Waals surface area (Å²) >= 11 is 0. The number of pyridine rings is 1. The second kappa shape index (κ2) is 8.45. The van der Waals surface area contributed by atoms with Crippen molar-refractivity contribution in [3.8, 4) is 5.75 Å². The smallest absolute Gasteiger partial charge is 0.269 e. The van der Waals surface area contributed by atoms with Crippen LogP contribution >= 0.6 is 0 Å². The number of nitro benzene ring substituents is 1. The van der Waals surface area contributed by atoms with Crippen molar-refractivity contribution in [3.63, 3.8) is 0 Å². The number of carbonyl (C=O) groups is 1. The van der Waals surface area contributed by atoms with E-state index in [9.17, 15) is 14.9 Å². The summed E-state index contributed by atoms with van der Waals surface area (Å²) < 4.78 is 5.34. The van der Waals surface area contributed by atoms with Crippen LogP contribution in [0.5, 0.6) is 5.75 Å². The van der Waals surface area contributed by atoms with Gasteiger partial charge < -0.3 is 19.9 Å². The number of nitrogens with one attached hydrogen (secondary N) is 1. The van der Waals surface area contributed by atoms with Gasteiger partial charge in [0.15, 0.2) is 6.61 Å². The second-order valence-electron chi connectivity index (χ2n) is 6.28. The number of hydrogen-bond acceptors (Lipinski definition) is 7. The Labute approximate surface area is 156 Å². The van der Waals surface area contributed by atoms with Crippen LogP contribution < -0.4 is 15.0 Å². The van der Waals surface area contributed by atoms with Crippen molar-refractivity contribution < 1.29 is 14.5 Å². The average molecular weight is 371 g/mol. The number of nitrogens with zero attached hydrogens (tertiary/aromatic N) is 4. The van der Waals surface area contributed by atoms with Crippen molar-refractivity contribution in [1.82, 2.24) is 9.88 Å². The van der Waals surface area contributed by atoms with Crippen LogP contribution in [-0.4, -0.2) is 60.5 Å². The highest BCUT2D eigenvalue weighted by Gasteiger charge is 2.15. The molecule has 0 spiro atoms. The minimum absolute atomic E-state index is 0.0293. The lowest BCUT2D eigenvalue weighted by atomic mass is 10.3. The maximum Gasteiger partial charge on any atom is 0.269 e. The van der Waals surface area contributed by atoms with E-state index in [1.54, 1.807) is 6.20 Å². The molecule has 0 aliphatic carbocycles. The molecule has 0 radical (unpaired) electrons. The number of amides is 1. The molecule has 1 aliphatic rings. The van der Waals surface area contributed by atoms with Crippen LogP contribution in [0.1, 0.15) is 0 Å². The second-order valence-corrected chi connectivity index (χ2v) is 6.28. The van der Waals surface area contributed by atoms with Crippen molar-refractivity contribution in [2.45, 2.75) is 0 Å². The van der Waals surface area contributed by atoms with Crippen LogP contribution in [0.15, 0.2) is 42.6 Å². The van der Waals surface area contributed by atoms with Crippen molar-refractivity contribution in [2.75, 3.05) is 50.1 Å². The van der Waals surface area contributed by atoms with Crippen LogP contribution in [0.2, 0.25) is 0 Å². The summed E-state index contributed by atoms with van der Waals surface area (Å²) in [5.41, 5.74) is 0.559. The van der Waals surface area contributed by atoms with E-state index in [1.807, 2.05) is 12.1 Å². The van der Waals surface area contributed by atoms with Gasteiger partial charge in [0.05, 0.1) is 16.8 Å². The Morgan fingerprint density at radius 1 is 1.19 bits per heavy atom. The van der Waals surface area contributed by atoms with Gasteiger partial charge in [-0.05, 0) is 31.3 Å². The largest absolute Gasteiger partial charge is 0.484 e. The molecule has 1 aromatic heterocycles. The Morgan fingerprint density at radius 3 is 2.48 bits per heavy atom. The summed E-state index contributed by atoms with van der Waals surface area (Å²) in [6.45, 7) is 3.66. The van der Waals surface area contributed by atoms with E-state index in [0.717, 1.165) is 32.0 Å². The molecule has 1 aliphatic heterocycles. The van der Waals surface area contributed by atoms with Crippen LogP contribution in [-0.2, 0) is 4.79 Å². The Morgan fingerprint density at radius 2 is 1.89 bits per heavy atom. The number of nitro groups is 1. The Hall–Kier alpha value is -3.20. The van der Waals surface area contributed by atoms with E-state index in [1.165, 1.54) is 24.3 Å². The zero-order chi connectivity index (χ0) is 19.2. The highest BCUT2D eigenvalue weighted by molar-refractivity contribution is 5.91. The lowest BCUT2D eigenvalue weighted by Crippen LogP contribution is -2.44. The van der Waals surface area contributed by atoms with Gasteiger partial charge in [-0.1, -0.05) is 0 Å². The van der Waals surface area contributed by atoms with Crippen LogP contribution in [0.25, 0.3) is 0 Å². The Kier molecular flexibility index (Phi) is 5.82. The Bertz CT molecular complexity index is 786. The summed E-state index contributed by atoms with van der Waals surface area (Å²) in [7, 11) is 2.10. The molecule has 1 saturated heterocycles. The molecule has 0 saturated carbocycles. The first-order valence-corrected chi connectivity index (χ1v) is 8.58. The van der Waals surface area contributed by atoms with Gasteiger partial charge in [-0.2, -0.15) is 0 Å². The number of rotatable bonds is 6. The van der Waals surface area contributed by atoms with Crippen LogP contribution in [0, 0.1) is 10.1 Å². The maximum atomic E-state index is 12.0. The first-order valence-electron chi connectivity index (χ1n) is 8.58. The summed E-state index contributed by atoms with van der Waals surface area (Å²) in [6.07, 6.45) is 1.62. The molecule has 1 aromatic carbocycles. The third kappa shape index (κ3) is 5.14. The minimum atomic E-state index is -0.491. The molecule has 27 heavy (non-hydrogen) atoms. The van der Waals surface area contributed by atoms with Crippen molar-refractivity contribution in [1.29, 1.82) is 0 Å². The zero-order valence-corrected chi connectivity index (χ0v) is 15.0. The number of hydrogen-bond donors (Lipinski definition) is 1. The summed E-state index contributed by atoms with van der Waals surface area (Å²) in [5, 5.41) is 13.3. The summed E-state index contributed by atoms with van der Waals surface area (Å²) in [5.74, 6) is 0.949. The number of likely N-dealkylation sites (N-methyl/N-ethyl adjacent to an activating group) is 1. The topological polar surface area (TPSA) is 101 Å². The molecule has 9 heteroatoms. The Balaban J connectivity index is 1.48. The SMILES string of the molecule is CN1CCN(c2ccc(NC(=O)COc3ccc([N+](=O)[O-])cc3)cn2)CC1. The number of benzene rings is 1. The fourth-order valence-electron chi connectivity index (χ4n) is 2.69. The lowest BCUT2D eigenvalue weighted by molar-refractivity contribution is -0.384. The van der Waals surface area contributed by atoms with Crippen molar-refractivity contribution >= 4 is 23.1 Å². The molecule has 142 valence electrons. The van der Waals surface area contributed by atoms with Gasteiger partial charge in [0, 0.05) is 38.3 Å². The van der Waals surface area contributed by atoms with E-state index >= 15 is 0 Å². The van der Waals surface area contributed by atoms with Crippen LogP contribution in [0.3, 0.4) is 0 Å². The summed E-state index contributed by atoms with van der Waals surface area (Å²) in [6, 6.07) is 9.26. The van der Waals surface area contributed by atoms with Gasteiger partial charge in [-0.3, -0.25) is 14.9 Å². The molecule has 0 atom stereocenters. The van der Waals surface area contributed by atoms with E-state index < -0.39 is 4.92 Å². The van der Waals surface area contributed by atoms with Gasteiger partial charge in [-0.15, -0.1) is 0 Å². The van der Waals surface area contributed by atoms with E-state index in [-0.39, 0.29) is 18.2 Å². The van der Waals surface area contributed by atoms with Gasteiger partial charge >= 0.3 is 0 Å². The molecule has 2 aromatic rings. The normalized spacial score (nSPS) is 14.6. The zero-order valence-electron chi connectivity index (χ0n) is 15.0. The number of anilines is 2. The molecular weight excluding hydrogens is 350 g/mol. The number of aromatic nitrogens is 1. The molecule has 1 N–H and O–H groups in total. The van der Waals surface area contributed by atoms with E-state index in [4.69, 9.17) is 4.74 Å². The molecule has 9 nitrogen and oxygen atoms in total. The quantitative estimate of drug-likeness (QED) is 0.610. The predicted molar refractivity (Wildman–Crippen MR) is 101 cm³/mol. The fourth-order valence-corrected chi connectivity index (χ4v) is 2.69. The molecular formula is C18H21N5O4. The van der Waals surface area contributed by atoms with Crippen molar-refractivity contribution in [3.05, 3.63) is 52.7 Å². The highest BCUT2D eigenvalue weighted by Crippen LogP contribution is 2.18. The molecule has 0 bridgehead atoms. The standard InChI is InChI=1S/C18H21N5O4/c1-21-8-10-22(11-9-21)17-7-2-14(12-19-17)20-18(24)13-27-16-5-3-15(4-6-16)23(25)26/h2-7,12H,8-11,13H2,1H3,(H,20,24). The van der Waals surface area contributed by atoms with Gasteiger partial charge in [-0.25, -0.2) is 4.98 Å². The van der Waals surface area contributed by atoms with Crippen LogP contribution in [0.4, 0.5) is 17.2 Å². The highest BCUT2D eigenvalue weighted by atomic mass is 16.6. The number of non-ortho nitro benzene ring substituents is 1. The number of piperazine rings is 1. The fraction of sp³-hybridized carbons (Fsp3) is 0.333. The molecule has 0 unspecified atom stereocenters. The van der Waals surface area contributed by atoms with E-state index in [2.05, 4.69) is 27.1 Å². The van der Waals surface area contributed by atoms with E-state index in [0.29, 0.717) is 11.4 Å². The maximum absolute atomic E-state index is 12.0. The van der Waals surface area contributed by atoms with Gasteiger partial charge in [0.2, 0.25) is 0 Å². The molecule has 3 rings (SSSR count). The first-order chi connectivity index (χ1) is 13.0. The minimum Gasteiger partial charge on any atom is -0.484 e. The van der Waals surface area contributed by atoms with Crippen molar-refractivity contribution in [2.24, 2.45) is 0 Å². The predicted octanol–water partition coefficient (Wildman–Crippen LogP) is 1.76. The monoisotopic (exact) mass is 371 g/mol. The van der Waals surface area contributed by atoms with Gasteiger partial charge in [0.1, 0.15) is 11.6 Å². The third-order valence-corrected chi connectivity index (χ3v) is 4.28. The summed E-state index contributed by atoms with van der Waals surface area (Å²) in [4.78, 5) is 31.0. The average Bonchev–Trinajstić information content (AvgIpc) is 2.68. The molecule has 2 heterocycles. The third-order valence-electron chi connectivity index (χ3n) is 4.28. The first kappa shape index (κ1) is 18.6. The molecule has 1 amide bonds. The lowest BCUT2D eigenvalue weighted by Gasteiger charge is -2.33. The molecule has 1 fully saturated rings. The number of carbonyl (C=O) groups excluding carboxylic acids is 1.